The molecule has 0 aromatic heterocycles. The molecule has 1 aliphatic rings. The Morgan fingerprint density at radius 1 is 1.50 bits per heavy atom. The molecule has 1 rings (SSSR count). The number of hydrogen-bond donors (Lipinski definition) is 0. The summed E-state index contributed by atoms with van der Waals surface area (Å²) in [6.07, 6.45) is 1.30. The predicted molar refractivity (Wildman–Crippen MR) is 48.6 cm³/mol. The van der Waals surface area contributed by atoms with Gasteiger partial charge in [0.2, 0.25) is 0 Å². The van der Waals surface area contributed by atoms with Gasteiger partial charge in [-0.15, -0.1) is 0 Å². The maximum atomic E-state index is 3.67. The van der Waals surface area contributed by atoms with E-state index in [9.17, 15) is 0 Å². The van der Waals surface area contributed by atoms with Crippen molar-refractivity contribution in [3.05, 3.63) is 0 Å². The van der Waals surface area contributed by atoms with Crippen LogP contribution in [0.1, 0.15) is 27.2 Å². The fraction of sp³-hybridized carbons (Fsp3) is 1.00. The zero-order valence-corrected chi connectivity index (χ0v) is 8.56. The third-order valence-corrected chi connectivity index (χ3v) is 3.60. The number of halogens is 1. The van der Waals surface area contributed by atoms with E-state index >= 15 is 0 Å². The first-order valence-corrected chi connectivity index (χ1v) is 4.94. The second-order valence-corrected chi connectivity index (χ2v) is 4.55. The minimum atomic E-state index is 0.706. The molecule has 0 amide bonds. The van der Waals surface area contributed by atoms with E-state index in [1.807, 2.05) is 0 Å². The van der Waals surface area contributed by atoms with Gasteiger partial charge in [0.15, 0.2) is 0 Å². The van der Waals surface area contributed by atoms with Crippen LogP contribution >= 0.6 is 15.9 Å². The van der Waals surface area contributed by atoms with Crippen LogP contribution in [-0.2, 0) is 0 Å². The van der Waals surface area contributed by atoms with Gasteiger partial charge in [0, 0.05) is 16.9 Å². The van der Waals surface area contributed by atoms with Gasteiger partial charge in [-0.05, 0) is 33.7 Å². The van der Waals surface area contributed by atoms with Crippen LogP contribution < -0.4 is 0 Å². The van der Waals surface area contributed by atoms with Crippen LogP contribution in [0.3, 0.4) is 0 Å². The molecule has 0 saturated carbocycles. The van der Waals surface area contributed by atoms with Crippen molar-refractivity contribution in [1.82, 2.24) is 4.90 Å². The second kappa shape index (κ2) is 3.22. The first kappa shape index (κ1) is 8.54. The highest BCUT2D eigenvalue weighted by molar-refractivity contribution is 9.09. The number of nitrogens with zero attached hydrogens (tertiary/aromatic N) is 1. The van der Waals surface area contributed by atoms with Gasteiger partial charge in [-0.25, -0.2) is 0 Å². The molecule has 10 heavy (non-hydrogen) atoms. The van der Waals surface area contributed by atoms with Gasteiger partial charge in [0.05, 0.1) is 0 Å². The monoisotopic (exact) mass is 205 g/mol. The van der Waals surface area contributed by atoms with Crippen molar-refractivity contribution in [3.63, 3.8) is 0 Å². The Morgan fingerprint density at radius 2 is 2.10 bits per heavy atom. The quantitative estimate of drug-likeness (QED) is 0.595. The van der Waals surface area contributed by atoms with E-state index in [0.717, 1.165) is 10.9 Å². The third-order valence-electron chi connectivity index (χ3n) is 2.37. The highest BCUT2D eigenvalue weighted by Gasteiger charge is 2.29. The van der Waals surface area contributed by atoms with E-state index in [4.69, 9.17) is 0 Å². The summed E-state index contributed by atoms with van der Waals surface area (Å²) >= 11 is 3.67. The molecule has 0 spiro atoms. The van der Waals surface area contributed by atoms with Crippen molar-refractivity contribution in [2.45, 2.75) is 44.1 Å². The van der Waals surface area contributed by atoms with E-state index in [0.29, 0.717) is 6.04 Å². The van der Waals surface area contributed by atoms with Crippen LogP contribution in [0.15, 0.2) is 0 Å². The number of likely N-dealkylation sites (tertiary alicyclic amines) is 1. The summed E-state index contributed by atoms with van der Waals surface area (Å²) < 4.78 is 0. The first-order valence-electron chi connectivity index (χ1n) is 4.02. The van der Waals surface area contributed by atoms with E-state index in [-0.39, 0.29) is 0 Å². The molecule has 1 saturated heterocycles. The highest BCUT2D eigenvalue weighted by atomic mass is 79.9. The third kappa shape index (κ3) is 1.54. The fourth-order valence-corrected chi connectivity index (χ4v) is 2.16. The van der Waals surface area contributed by atoms with E-state index < -0.39 is 0 Å². The van der Waals surface area contributed by atoms with Crippen LogP contribution in [0, 0.1) is 0 Å². The number of hydrogen-bond acceptors (Lipinski definition) is 1. The minimum Gasteiger partial charge on any atom is -0.297 e. The molecular weight excluding hydrogens is 190 g/mol. The van der Waals surface area contributed by atoms with Crippen molar-refractivity contribution < 1.29 is 0 Å². The van der Waals surface area contributed by atoms with Crippen molar-refractivity contribution >= 4 is 15.9 Å². The van der Waals surface area contributed by atoms with Crippen molar-refractivity contribution in [2.24, 2.45) is 0 Å². The van der Waals surface area contributed by atoms with Crippen LogP contribution in [0.5, 0.6) is 0 Å². The van der Waals surface area contributed by atoms with Crippen molar-refractivity contribution in [2.75, 3.05) is 6.54 Å². The molecule has 1 aliphatic heterocycles. The molecule has 0 unspecified atom stereocenters. The molecule has 1 fully saturated rings. The maximum Gasteiger partial charge on any atom is 0.0311 e. The summed E-state index contributed by atoms with van der Waals surface area (Å²) in [4.78, 5) is 3.26. The fourth-order valence-electron chi connectivity index (χ4n) is 1.65. The highest BCUT2D eigenvalue weighted by Crippen LogP contribution is 2.25. The summed E-state index contributed by atoms with van der Waals surface area (Å²) in [7, 11) is 0. The molecule has 0 aromatic rings. The van der Waals surface area contributed by atoms with E-state index in [1.165, 1.54) is 13.0 Å². The SMILES string of the molecule is CC(C)N1CC[C@H](Br)[C@H]1C. The normalized spacial score (nSPS) is 35.7. The first-order chi connectivity index (χ1) is 4.63. The van der Waals surface area contributed by atoms with E-state index in [1.54, 1.807) is 0 Å². The second-order valence-electron chi connectivity index (χ2n) is 3.38. The van der Waals surface area contributed by atoms with Gasteiger partial charge in [0.25, 0.3) is 0 Å². The molecule has 0 radical (unpaired) electrons. The molecule has 60 valence electrons. The van der Waals surface area contributed by atoms with Gasteiger partial charge in [-0.1, -0.05) is 15.9 Å². The Bertz CT molecular complexity index is 114. The Balaban J connectivity index is 2.49. The number of alkyl halides is 1. The smallest absolute Gasteiger partial charge is 0.0311 e. The minimum absolute atomic E-state index is 0.706. The molecule has 2 atom stereocenters. The lowest BCUT2D eigenvalue weighted by molar-refractivity contribution is 0.218. The summed E-state index contributed by atoms with van der Waals surface area (Å²) in [6.45, 7) is 8.09. The largest absolute Gasteiger partial charge is 0.297 e. The van der Waals surface area contributed by atoms with Gasteiger partial charge < -0.3 is 0 Å². The number of rotatable bonds is 1. The standard InChI is InChI=1S/C8H16BrN/c1-6(2)10-5-4-8(9)7(10)3/h6-8H,4-5H2,1-3H3/t7-,8+/m1/s1. The molecule has 0 bridgehead atoms. The maximum absolute atomic E-state index is 3.67. The zero-order chi connectivity index (χ0) is 7.72. The Hall–Kier alpha value is 0.440. The summed E-state index contributed by atoms with van der Waals surface area (Å²) in [5.41, 5.74) is 0. The predicted octanol–water partition coefficient (Wildman–Crippen LogP) is 2.25. The van der Waals surface area contributed by atoms with Crippen molar-refractivity contribution in [1.29, 1.82) is 0 Å². The lowest BCUT2D eigenvalue weighted by Gasteiger charge is -2.26. The van der Waals surface area contributed by atoms with Gasteiger partial charge in [-0.3, -0.25) is 4.90 Å². The summed E-state index contributed by atoms with van der Waals surface area (Å²) in [5.74, 6) is 0. The van der Waals surface area contributed by atoms with Crippen LogP contribution in [-0.4, -0.2) is 28.4 Å². The average molecular weight is 206 g/mol. The molecule has 0 aromatic carbocycles. The van der Waals surface area contributed by atoms with Crippen molar-refractivity contribution in [3.8, 4) is 0 Å². The Kier molecular flexibility index (Phi) is 2.75. The molecular formula is C8H16BrN. The summed E-state index contributed by atoms with van der Waals surface area (Å²) in [6, 6.07) is 1.43. The lowest BCUT2D eigenvalue weighted by Crippen LogP contribution is -2.35. The summed E-state index contributed by atoms with van der Waals surface area (Å²) in [5, 5.41) is 0. The molecule has 1 heterocycles. The topological polar surface area (TPSA) is 3.24 Å². The Morgan fingerprint density at radius 3 is 2.30 bits per heavy atom. The average Bonchev–Trinajstić information content (AvgIpc) is 2.14. The van der Waals surface area contributed by atoms with Crippen LogP contribution in [0.25, 0.3) is 0 Å². The van der Waals surface area contributed by atoms with E-state index in [2.05, 4.69) is 41.6 Å². The van der Waals surface area contributed by atoms with Crippen LogP contribution in [0.4, 0.5) is 0 Å². The molecule has 1 nitrogen and oxygen atoms in total. The molecule has 2 heteroatoms. The van der Waals surface area contributed by atoms with Crippen LogP contribution in [0.2, 0.25) is 0 Å². The molecule has 0 aliphatic carbocycles. The molecule has 0 N–H and O–H groups in total. The Labute approximate surface area is 71.9 Å². The van der Waals surface area contributed by atoms with Gasteiger partial charge >= 0.3 is 0 Å². The zero-order valence-electron chi connectivity index (χ0n) is 6.97. The lowest BCUT2D eigenvalue weighted by atomic mass is 10.2. The van der Waals surface area contributed by atoms with Gasteiger partial charge in [-0.2, -0.15) is 0 Å². The van der Waals surface area contributed by atoms with Gasteiger partial charge in [0.1, 0.15) is 0 Å².